The topological polar surface area (TPSA) is 61.8 Å². The lowest BCUT2D eigenvalue weighted by Gasteiger charge is -2.38. The standard InChI is InChI=1S/C15H22ClN3O/c1-2-5-12-6-3-4-9-19(12)14-10-11(16)7-8-13(14)15(17)18-20/h7-8,10,12,20H,2-6,9H2,1H3,(H2,17,18). The Bertz CT molecular complexity index is 488. The average molecular weight is 296 g/mol. The van der Waals surface area contributed by atoms with Crippen molar-refractivity contribution in [3.63, 3.8) is 0 Å². The Morgan fingerprint density at radius 2 is 2.30 bits per heavy atom. The lowest BCUT2D eigenvalue weighted by molar-refractivity contribution is 0.318. The molecule has 20 heavy (non-hydrogen) atoms. The molecule has 110 valence electrons. The number of nitrogens with two attached hydrogens (primary N) is 1. The molecule has 1 atom stereocenters. The van der Waals surface area contributed by atoms with E-state index in [0.29, 0.717) is 11.1 Å². The van der Waals surface area contributed by atoms with Gasteiger partial charge in [0.25, 0.3) is 0 Å². The van der Waals surface area contributed by atoms with Gasteiger partial charge in [-0.3, -0.25) is 0 Å². The molecule has 1 heterocycles. The maximum atomic E-state index is 8.96. The van der Waals surface area contributed by atoms with Crippen molar-refractivity contribution in [2.75, 3.05) is 11.4 Å². The van der Waals surface area contributed by atoms with Gasteiger partial charge in [-0.25, -0.2) is 0 Å². The number of piperidine rings is 1. The minimum absolute atomic E-state index is 0.137. The van der Waals surface area contributed by atoms with E-state index in [9.17, 15) is 0 Å². The van der Waals surface area contributed by atoms with E-state index in [4.69, 9.17) is 22.5 Å². The van der Waals surface area contributed by atoms with Crippen molar-refractivity contribution in [3.05, 3.63) is 28.8 Å². The number of halogens is 1. The van der Waals surface area contributed by atoms with E-state index >= 15 is 0 Å². The number of hydrogen-bond donors (Lipinski definition) is 2. The molecule has 2 rings (SSSR count). The Morgan fingerprint density at radius 3 is 3.00 bits per heavy atom. The van der Waals surface area contributed by atoms with Crippen LogP contribution >= 0.6 is 11.6 Å². The molecule has 0 bridgehead atoms. The van der Waals surface area contributed by atoms with Crippen molar-refractivity contribution in [1.82, 2.24) is 0 Å². The second kappa shape index (κ2) is 6.84. The minimum atomic E-state index is 0.137. The molecule has 1 fully saturated rings. The first kappa shape index (κ1) is 15.0. The van der Waals surface area contributed by atoms with Gasteiger partial charge in [-0.05, 0) is 43.9 Å². The van der Waals surface area contributed by atoms with E-state index in [0.717, 1.165) is 30.6 Å². The Balaban J connectivity index is 2.40. The van der Waals surface area contributed by atoms with E-state index in [1.165, 1.54) is 19.3 Å². The third-order valence-electron chi connectivity index (χ3n) is 3.90. The van der Waals surface area contributed by atoms with Gasteiger partial charge in [0.15, 0.2) is 5.84 Å². The summed E-state index contributed by atoms with van der Waals surface area (Å²) >= 11 is 6.14. The number of rotatable bonds is 4. The highest BCUT2D eigenvalue weighted by atomic mass is 35.5. The predicted molar refractivity (Wildman–Crippen MR) is 83.9 cm³/mol. The molecule has 0 spiro atoms. The Hall–Kier alpha value is -1.42. The molecule has 0 amide bonds. The molecule has 4 nitrogen and oxygen atoms in total. The van der Waals surface area contributed by atoms with Crippen LogP contribution < -0.4 is 10.6 Å². The first-order chi connectivity index (χ1) is 9.67. The summed E-state index contributed by atoms with van der Waals surface area (Å²) in [6, 6.07) is 6.03. The number of benzene rings is 1. The third kappa shape index (κ3) is 3.18. The summed E-state index contributed by atoms with van der Waals surface area (Å²) in [5.41, 5.74) is 7.53. The largest absolute Gasteiger partial charge is 0.409 e. The molecule has 1 aliphatic heterocycles. The van der Waals surface area contributed by atoms with E-state index in [2.05, 4.69) is 17.0 Å². The molecule has 0 aliphatic carbocycles. The number of amidine groups is 1. The maximum absolute atomic E-state index is 8.96. The van der Waals surface area contributed by atoms with Gasteiger partial charge in [-0.2, -0.15) is 0 Å². The second-order valence-electron chi connectivity index (χ2n) is 5.28. The number of nitrogens with zero attached hydrogens (tertiary/aromatic N) is 2. The van der Waals surface area contributed by atoms with E-state index < -0.39 is 0 Å². The fraction of sp³-hybridized carbons (Fsp3) is 0.533. The third-order valence-corrected chi connectivity index (χ3v) is 4.14. The SMILES string of the molecule is CCCC1CCCCN1c1cc(Cl)ccc1/C(N)=N/O. The molecule has 1 aromatic rings. The Morgan fingerprint density at radius 1 is 1.50 bits per heavy atom. The van der Waals surface area contributed by atoms with Gasteiger partial charge in [-0.15, -0.1) is 0 Å². The summed E-state index contributed by atoms with van der Waals surface area (Å²) in [5.74, 6) is 0.137. The van der Waals surface area contributed by atoms with Gasteiger partial charge in [0.2, 0.25) is 0 Å². The second-order valence-corrected chi connectivity index (χ2v) is 5.71. The van der Waals surface area contributed by atoms with E-state index in [1.807, 2.05) is 12.1 Å². The molecular formula is C15H22ClN3O. The van der Waals surface area contributed by atoms with Gasteiger partial charge < -0.3 is 15.8 Å². The van der Waals surface area contributed by atoms with Crippen molar-refractivity contribution in [3.8, 4) is 0 Å². The van der Waals surface area contributed by atoms with Gasteiger partial charge >= 0.3 is 0 Å². The molecule has 0 saturated carbocycles. The van der Waals surface area contributed by atoms with Crippen LogP contribution in [-0.4, -0.2) is 23.6 Å². The summed E-state index contributed by atoms with van der Waals surface area (Å²) in [4.78, 5) is 2.37. The summed E-state index contributed by atoms with van der Waals surface area (Å²) in [6.07, 6.45) is 5.93. The van der Waals surface area contributed by atoms with Crippen molar-refractivity contribution in [2.45, 2.75) is 45.1 Å². The number of hydrogen-bond acceptors (Lipinski definition) is 3. The van der Waals surface area contributed by atoms with Crippen LogP contribution in [-0.2, 0) is 0 Å². The molecule has 1 saturated heterocycles. The molecule has 3 N–H and O–H groups in total. The van der Waals surface area contributed by atoms with Gasteiger partial charge in [-0.1, -0.05) is 30.1 Å². The molecule has 0 radical (unpaired) electrons. The fourth-order valence-corrected chi connectivity index (χ4v) is 3.13. The van der Waals surface area contributed by atoms with Crippen LogP contribution in [0.2, 0.25) is 5.02 Å². The Kier molecular flexibility index (Phi) is 5.12. The predicted octanol–water partition coefficient (Wildman–Crippen LogP) is 3.59. The van der Waals surface area contributed by atoms with Crippen LogP contribution in [0, 0.1) is 0 Å². The van der Waals surface area contributed by atoms with Gasteiger partial charge in [0.05, 0.1) is 0 Å². The van der Waals surface area contributed by atoms with Crippen LogP contribution in [0.4, 0.5) is 5.69 Å². The van der Waals surface area contributed by atoms with E-state index in [1.54, 1.807) is 6.07 Å². The van der Waals surface area contributed by atoms with E-state index in [-0.39, 0.29) is 5.84 Å². The van der Waals surface area contributed by atoms with Crippen LogP contribution in [0.25, 0.3) is 0 Å². The zero-order valence-electron chi connectivity index (χ0n) is 11.8. The molecule has 5 heteroatoms. The van der Waals surface area contributed by atoms with Crippen LogP contribution in [0.15, 0.2) is 23.4 Å². The zero-order valence-corrected chi connectivity index (χ0v) is 12.6. The number of oxime groups is 1. The summed E-state index contributed by atoms with van der Waals surface area (Å²) in [6.45, 7) is 3.20. The fourth-order valence-electron chi connectivity index (χ4n) is 2.96. The molecule has 1 aliphatic rings. The smallest absolute Gasteiger partial charge is 0.172 e. The Labute approximate surface area is 125 Å². The minimum Gasteiger partial charge on any atom is -0.409 e. The first-order valence-electron chi connectivity index (χ1n) is 7.21. The molecule has 0 aromatic heterocycles. The summed E-state index contributed by atoms with van der Waals surface area (Å²) in [5, 5.41) is 12.8. The first-order valence-corrected chi connectivity index (χ1v) is 7.59. The van der Waals surface area contributed by atoms with Gasteiger partial charge in [0.1, 0.15) is 0 Å². The molecule has 1 unspecified atom stereocenters. The number of anilines is 1. The quantitative estimate of drug-likeness (QED) is 0.386. The lowest BCUT2D eigenvalue weighted by Crippen LogP contribution is -2.40. The summed E-state index contributed by atoms with van der Waals surface area (Å²) < 4.78 is 0. The molecule has 1 aromatic carbocycles. The molecular weight excluding hydrogens is 274 g/mol. The van der Waals surface area contributed by atoms with Crippen molar-refractivity contribution in [2.24, 2.45) is 10.9 Å². The van der Waals surface area contributed by atoms with Crippen molar-refractivity contribution >= 4 is 23.1 Å². The maximum Gasteiger partial charge on any atom is 0.172 e. The highest BCUT2D eigenvalue weighted by Crippen LogP contribution is 2.32. The average Bonchev–Trinajstić information content (AvgIpc) is 2.47. The van der Waals surface area contributed by atoms with Crippen LogP contribution in [0.1, 0.15) is 44.6 Å². The van der Waals surface area contributed by atoms with Crippen LogP contribution in [0.5, 0.6) is 0 Å². The van der Waals surface area contributed by atoms with Crippen molar-refractivity contribution in [1.29, 1.82) is 0 Å². The normalized spacial score (nSPS) is 20.2. The highest BCUT2D eigenvalue weighted by molar-refractivity contribution is 6.31. The lowest BCUT2D eigenvalue weighted by atomic mass is 9.96. The van der Waals surface area contributed by atoms with Crippen LogP contribution in [0.3, 0.4) is 0 Å². The summed E-state index contributed by atoms with van der Waals surface area (Å²) in [7, 11) is 0. The highest BCUT2D eigenvalue weighted by Gasteiger charge is 2.24. The van der Waals surface area contributed by atoms with Crippen molar-refractivity contribution < 1.29 is 5.21 Å². The van der Waals surface area contributed by atoms with Gasteiger partial charge in [0, 0.05) is 28.9 Å². The monoisotopic (exact) mass is 295 g/mol. The zero-order chi connectivity index (χ0) is 14.5.